The summed E-state index contributed by atoms with van der Waals surface area (Å²) in [7, 11) is 0. The molecule has 0 aliphatic heterocycles. The Kier molecular flexibility index (Phi) is 4.79. The van der Waals surface area contributed by atoms with E-state index in [9.17, 15) is 9.90 Å². The lowest BCUT2D eigenvalue weighted by Gasteiger charge is -2.24. The Labute approximate surface area is 123 Å². The monoisotopic (exact) mass is 294 g/mol. The summed E-state index contributed by atoms with van der Waals surface area (Å²) in [6, 6.07) is 4.69. The third-order valence-corrected chi connectivity index (χ3v) is 3.65. The highest BCUT2D eigenvalue weighted by Gasteiger charge is 2.15. The molecule has 6 heteroatoms. The molecule has 0 amide bonds. The Morgan fingerprint density at radius 3 is 2.60 bits per heavy atom. The zero-order valence-corrected chi connectivity index (χ0v) is 11.9. The lowest BCUT2D eigenvalue weighted by Crippen LogP contribution is -2.38. The highest BCUT2D eigenvalue weighted by Crippen LogP contribution is 2.22. The molecule has 0 unspecified atom stereocenters. The van der Waals surface area contributed by atoms with Crippen molar-refractivity contribution in [2.75, 3.05) is 5.32 Å². The second-order valence-electron chi connectivity index (χ2n) is 4.97. The fraction of sp³-hybridized carbons (Fsp3) is 0.429. The van der Waals surface area contributed by atoms with Gasteiger partial charge in [0.2, 0.25) is 0 Å². The van der Waals surface area contributed by atoms with Gasteiger partial charge >= 0.3 is 5.97 Å². The predicted molar refractivity (Wildman–Crippen MR) is 81.3 cm³/mol. The van der Waals surface area contributed by atoms with Crippen molar-refractivity contribution >= 4 is 29.0 Å². The standard InChI is InChI=1S/C14H18N2O3S/c17-12-7-6-10(8-11(12)13(18)19)16-14(20)15-9-4-2-1-3-5-9/h6-9,17H,1-5H2,(H,18,19)(H2,15,16,20). The van der Waals surface area contributed by atoms with E-state index >= 15 is 0 Å². The van der Waals surface area contributed by atoms with E-state index in [1.807, 2.05) is 0 Å². The zero-order valence-electron chi connectivity index (χ0n) is 11.1. The minimum absolute atomic E-state index is 0.143. The Morgan fingerprint density at radius 1 is 1.25 bits per heavy atom. The second kappa shape index (κ2) is 6.56. The molecule has 1 saturated carbocycles. The number of hydrogen-bond donors (Lipinski definition) is 4. The first-order valence-corrected chi connectivity index (χ1v) is 7.11. The molecule has 5 nitrogen and oxygen atoms in total. The van der Waals surface area contributed by atoms with Gasteiger partial charge in [0.25, 0.3) is 0 Å². The number of aromatic hydroxyl groups is 1. The Hall–Kier alpha value is -1.82. The molecule has 0 spiro atoms. The number of thiocarbonyl (C=S) groups is 1. The Balaban J connectivity index is 1.96. The van der Waals surface area contributed by atoms with Gasteiger partial charge in [-0.25, -0.2) is 4.79 Å². The van der Waals surface area contributed by atoms with Gasteiger partial charge in [-0.05, 0) is 43.3 Å². The summed E-state index contributed by atoms with van der Waals surface area (Å²) in [5.41, 5.74) is 0.406. The maximum absolute atomic E-state index is 10.9. The first-order chi connectivity index (χ1) is 9.56. The molecule has 1 aromatic carbocycles. The van der Waals surface area contributed by atoms with Crippen molar-refractivity contribution in [1.29, 1.82) is 0 Å². The van der Waals surface area contributed by atoms with Crippen LogP contribution in [0.1, 0.15) is 42.5 Å². The van der Waals surface area contributed by atoms with Crippen LogP contribution < -0.4 is 10.6 Å². The minimum atomic E-state index is -1.17. The van der Waals surface area contributed by atoms with E-state index in [2.05, 4.69) is 10.6 Å². The van der Waals surface area contributed by atoms with E-state index in [1.54, 1.807) is 6.07 Å². The number of phenols is 1. The van der Waals surface area contributed by atoms with Crippen molar-refractivity contribution in [3.63, 3.8) is 0 Å². The van der Waals surface area contributed by atoms with E-state index in [-0.39, 0.29) is 11.3 Å². The Bertz CT molecular complexity index is 513. The summed E-state index contributed by atoms with van der Waals surface area (Å²) in [4.78, 5) is 10.9. The van der Waals surface area contributed by atoms with E-state index in [1.165, 1.54) is 31.4 Å². The first kappa shape index (κ1) is 14.6. The number of carbonyl (C=O) groups is 1. The predicted octanol–water partition coefficient (Wildman–Crippen LogP) is 2.71. The second-order valence-corrected chi connectivity index (χ2v) is 5.38. The summed E-state index contributed by atoms with van der Waals surface area (Å²) in [5, 5.41) is 25.1. The molecule has 0 heterocycles. The summed E-state index contributed by atoms with van der Waals surface area (Å²) in [6.07, 6.45) is 5.92. The molecule has 1 fully saturated rings. The van der Waals surface area contributed by atoms with E-state index in [0.717, 1.165) is 12.8 Å². The summed E-state index contributed by atoms with van der Waals surface area (Å²) >= 11 is 5.23. The van der Waals surface area contributed by atoms with Gasteiger partial charge in [0.1, 0.15) is 11.3 Å². The molecule has 4 N–H and O–H groups in total. The highest BCUT2D eigenvalue weighted by molar-refractivity contribution is 7.80. The molecular formula is C14H18N2O3S. The van der Waals surface area contributed by atoms with Crippen LogP contribution in [0.5, 0.6) is 5.75 Å². The smallest absolute Gasteiger partial charge is 0.339 e. The van der Waals surface area contributed by atoms with Crippen molar-refractivity contribution in [3.05, 3.63) is 23.8 Å². The SMILES string of the molecule is O=C(O)c1cc(NC(=S)NC2CCCCC2)ccc1O. The summed E-state index contributed by atoms with van der Waals surface area (Å²) in [5.74, 6) is -1.42. The largest absolute Gasteiger partial charge is 0.507 e. The number of nitrogens with one attached hydrogen (secondary N) is 2. The average molecular weight is 294 g/mol. The molecule has 0 aromatic heterocycles. The molecular weight excluding hydrogens is 276 g/mol. The number of benzene rings is 1. The van der Waals surface area contributed by atoms with Gasteiger partial charge in [-0.2, -0.15) is 0 Å². The normalized spacial score (nSPS) is 15.6. The van der Waals surface area contributed by atoms with Crippen LogP contribution in [0.25, 0.3) is 0 Å². The fourth-order valence-electron chi connectivity index (χ4n) is 2.38. The average Bonchev–Trinajstić information content (AvgIpc) is 2.41. The van der Waals surface area contributed by atoms with Crippen LogP contribution in [0.15, 0.2) is 18.2 Å². The van der Waals surface area contributed by atoms with Gasteiger partial charge in [-0.1, -0.05) is 19.3 Å². The third kappa shape index (κ3) is 3.84. The van der Waals surface area contributed by atoms with E-state index < -0.39 is 5.97 Å². The van der Waals surface area contributed by atoms with Gasteiger partial charge in [0, 0.05) is 11.7 Å². The molecule has 108 valence electrons. The molecule has 0 atom stereocenters. The molecule has 1 aromatic rings. The maximum atomic E-state index is 10.9. The maximum Gasteiger partial charge on any atom is 0.339 e. The lowest BCUT2D eigenvalue weighted by atomic mass is 9.96. The summed E-state index contributed by atoms with van der Waals surface area (Å²) < 4.78 is 0. The van der Waals surface area contributed by atoms with Crippen LogP contribution in [0, 0.1) is 0 Å². The van der Waals surface area contributed by atoms with Crippen molar-refractivity contribution in [2.24, 2.45) is 0 Å². The molecule has 20 heavy (non-hydrogen) atoms. The number of rotatable bonds is 3. The molecule has 0 radical (unpaired) electrons. The molecule has 1 aliphatic carbocycles. The van der Waals surface area contributed by atoms with Crippen LogP contribution in [0.4, 0.5) is 5.69 Å². The van der Waals surface area contributed by atoms with Crippen molar-refractivity contribution in [1.82, 2.24) is 5.32 Å². The zero-order chi connectivity index (χ0) is 14.5. The Morgan fingerprint density at radius 2 is 1.95 bits per heavy atom. The van der Waals surface area contributed by atoms with Gasteiger partial charge in [0.15, 0.2) is 5.11 Å². The third-order valence-electron chi connectivity index (χ3n) is 3.43. The van der Waals surface area contributed by atoms with Gasteiger partial charge in [-0.15, -0.1) is 0 Å². The number of hydrogen-bond acceptors (Lipinski definition) is 3. The van der Waals surface area contributed by atoms with E-state index in [4.69, 9.17) is 17.3 Å². The van der Waals surface area contributed by atoms with Gasteiger partial charge in [-0.3, -0.25) is 0 Å². The molecule has 1 aliphatic rings. The number of anilines is 1. The summed E-state index contributed by atoms with van der Waals surface area (Å²) in [6.45, 7) is 0. The fourth-order valence-corrected chi connectivity index (χ4v) is 2.67. The minimum Gasteiger partial charge on any atom is -0.507 e. The van der Waals surface area contributed by atoms with Crippen molar-refractivity contribution in [3.8, 4) is 5.75 Å². The van der Waals surface area contributed by atoms with Crippen molar-refractivity contribution in [2.45, 2.75) is 38.1 Å². The quantitative estimate of drug-likeness (QED) is 0.507. The lowest BCUT2D eigenvalue weighted by molar-refractivity contribution is 0.0694. The molecule has 0 saturated heterocycles. The van der Waals surface area contributed by atoms with Crippen LogP contribution in [-0.4, -0.2) is 27.3 Å². The van der Waals surface area contributed by atoms with Crippen LogP contribution in [-0.2, 0) is 0 Å². The van der Waals surface area contributed by atoms with Crippen molar-refractivity contribution < 1.29 is 15.0 Å². The number of carboxylic acid groups (broad SMARTS) is 1. The van der Waals surface area contributed by atoms with Crippen LogP contribution in [0.2, 0.25) is 0 Å². The van der Waals surface area contributed by atoms with Gasteiger partial charge in [0.05, 0.1) is 0 Å². The highest BCUT2D eigenvalue weighted by atomic mass is 32.1. The van der Waals surface area contributed by atoms with Crippen LogP contribution >= 0.6 is 12.2 Å². The number of carboxylic acids is 1. The first-order valence-electron chi connectivity index (χ1n) is 6.70. The molecule has 0 bridgehead atoms. The number of aromatic carboxylic acids is 1. The van der Waals surface area contributed by atoms with Crippen LogP contribution in [0.3, 0.4) is 0 Å². The van der Waals surface area contributed by atoms with Gasteiger partial charge < -0.3 is 20.8 Å². The van der Waals surface area contributed by atoms with E-state index in [0.29, 0.717) is 16.8 Å². The molecule has 2 rings (SSSR count). The topological polar surface area (TPSA) is 81.6 Å².